The molecule has 0 bridgehead atoms. The molecule has 0 atom stereocenters. The number of rotatable bonds is 8. The van der Waals surface area contributed by atoms with Gasteiger partial charge in [-0.3, -0.25) is 4.98 Å². The highest BCUT2D eigenvalue weighted by Crippen LogP contribution is 2.31. The Morgan fingerprint density at radius 2 is 1.78 bits per heavy atom. The predicted molar refractivity (Wildman–Crippen MR) is 145 cm³/mol. The Bertz CT molecular complexity index is 1490. The highest BCUT2D eigenvalue weighted by Gasteiger charge is 2.19. The second kappa shape index (κ2) is 12.2. The molecule has 0 aliphatic rings. The van der Waals surface area contributed by atoms with Gasteiger partial charge >= 0.3 is 11.9 Å². The summed E-state index contributed by atoms with van der Waals surface area (Å²) in [6.07, 6.45) is 8.42. The Kier molecular flexibility index (Phi) is 8.99. The van der Waals surface area contributed by atoms with Gasteiger partial charge in [0.25, 0.3) is 0 Å². The largest absolute Gasteiger partial charge is 0.478 e. The van der Waals surface area contributed by atoms with E-state index in [1.807, 2.05) is 35.9 Å². The van der Waals surface area contributed by atoms with Crippen LogP contribution in [0.1, 0.15) is 31.8 Å². The van der Waals surface area contributed by atoms with E-state index in [0.29, 0.717) is 5.69 Å². The molecule has 0 aliphatic heterocycles. The number of carboxylic acids is 2. The van der Waals surface area contributed by atoms with Crippen LogP contribution in [0, 0.1) is 6.92 Å². The lowest BCUT2D eigenvalue weighted by Gasteiger charge is -2.08. The first-order valence-corrected chi connectivity index (χ1v) is 13.5. The normalized spacial score (nSPS) is 11.1. The van der Waals surface area contributed by atoms with Crippen molar-refractivity contribution in [3.05, 3.63) is 100 Å². The quantitative estimate of drug-likeness (QED) is 0.286. The van der Waals surface area contributed by atoms with Crippen LogP contribution in [0.4, 0.5) is 5.69 Å². The first-order chi connectivity index (χ1) is 17.6. The third-order valence-electron chi connectivity index (χ3n) is 5.16. The van der Waals surface area contributed by atoms with E-state index in [1.165, 1.54) is 22.2 Å². The average molecular weight is 540 g/mol. The van der Waals surface area contributed by atoms with Crippen molar-refractivity contribution < 1.29 is 28.2 Å². The fourth-order valence-corrected chi connectivity index (χ4v) is 5.34. The van der Waals surface area contributed by atoms with E-state index in [9.17, 15) is 18.0 Å². The van der Waals surface area contributed by atoms with Crippen molar-refractivity contribution in [1.29, 1.82) is 0 Å². The minimum absolute atomic E-state index is 0.0186. The first kappa shape index (κ1) is 27.4. The van der Waals surface area contributed by atoms with Crippen molar-refractivity contribution in [2.75, 3.05) is 18.1 Å². The molecule has 3 heterocycles. The Hall–Kier alpha value is -4.22. The van der Waals surface area contributed by atoms with E-state index < -0.39 is 22.0 Å². The lowest BCUT2D eigenvalue weighted by molar-refractivity contribution is 0.0696. The number of aromatic carboxylic acids is 2. The number of anilines is 1. The zero-order chi connectivity index (χ0) is 27.0. The van der Waals surface area contributed by atoms with E-state index in [2.05, 4.69) is 10.3 Å². The lowest BCUT2D eigenvalue weighted by Crippen LogP contribution is -2.15. The SMILES string of the molecule is CNc1cc(-c2cscc2C)n(S(=O)(=O)CC=Cc2cccnc2)c1.O=C(O)c1cccc(C(=O)O)c1. The Balaban J connectivity index is 0.000000266. The van der Waals surface area contributed by atoms with Gasteiger partial charge in [-0.1, -0.05) is 24.3 Å². The van der Waals surface area contributed by atoms with E-state index in [1.54, 1.807) is 49.1 Å². The summed E-state index contributed by atoms with van der Waals surface area (Å²) in [5.74, 6) is -2.34. The maximum absolute atomic E-state index is 12.9. The van der Waals surface area contributed by atoms with Crippen molar-refractivity contribution in [2.24, 2.45) is 0 Å². The monoisotopic (exact) mass is 539 g/mol. The maximum atomic E-state index is 12.9. The summed E-state index contributed by atoms with van der Waals surface area (Å²) >= 11 is 1.56. The molecular formula is C26H25N3O6S2. The van der Waals surface area contributed by atoms with Gasteiger partial charge in [-0.15, -0.1) is 0 Å². The van der Waals surface area contributed by atoms with Crippen LogP contribution in [0.25, 0.3) is 17.3 Å². The smallest absolute Gasteiger partial charge is 0.335 e. The number of pyridine rings is 1. The van der Waals surface area contributed by atoms with Crippen LogP contribution in [-0.2, 0) is 10.0 Å². The second-order valence-electron chi connectivity index (χ2n) is 7.79. The fraction of sp³-hybridized carbons (Fsp3) is 0.115. The molecule has 1 aromatic carbocycles. The van der Waals surface area contributed by atoms with E-state index in [0.717, 1.165) is 28.4 Å². The molecule has 0 amide bonds. The Morgan fingerprint density at radius 3 is 2.32 bits per heavy atom. The molecule has 9 nitrogen and oxygen atoms in total. The van der Waals surface area contributed by atoms with Gasteiger partial charge in [0, 0.05) is 36.6 Å². The Labute approximate surface area is 218 Å². The van der Waals surface area contributed by atoms with Crippen LogP contribution in [-0.4, -0.2) is 52.3 Å². The number of carbonyl (C=O) groups is 2. The van der Waals surface area contributed by atoms with Crippen molar-refractivity contribution in [3.8, 4) is 11.3 Å². The third-order valence-corrected chi connectivity index (χ3v) is 7.54. The highest BCUT2D eigenvalue weighted by atomic mass is 32.2. The standard InChI is InChI=1S/C18H19N3O2S2.C8H6O4/c1-14-12-24-13-17(14)18-9-16(19-2)11-21(18)25(22,23)8-4-6-15-5-3-7-20-10-15;9-7(10)5-2-1-3-6(4-5)8(11)12/h3-7,9-13,19H,8H2,1-2H3;1-4H,(H,9,10)(H,11,12). The van der Waals surface area contributed by atoms with Gasteiger partial charge in [-0.25, -0.2) is 22.0 Å². The number of aromatic nitrogens is 2. The molecule has 0 saturated carbocycles. The minimum Gasteiger partial charge on any atom is -0.478 e. The number of carboxylic acid groups (broad SMARTS) is 2. The summed E-state index contributed by atoms with van der Waals surface area (Å²) in [7, 11) is -1.74. The molecule has 0 unspecified atom stereocenters. The van der Waals surface area contributed by atoms with Crippen molar-refractivity contribution in [2.45, 2.75) is 6.92 Å². The van der Waals surface area contributed by atoms with Crippen LogP contribution in [0.3, 0.4) is 0 Å². The molecule has 0 aliphatic carbocycles. The van der Waals surface area contributed by atoms with Crippen molar-refractivity contribution in [1.82, 2.24) is 8.96 Å². The van der Waals surface area contributed by atoms with Gasteiger partial charge in [0.2, 0.25) is 10.0 Å². The van der Waals surface area contributed by atoms with E-state index in [4.69, 9.17) is 10.2 Å². The molecule has 0 radical (unpaired) electrons. The molecule has 3 N–H and O–H groups in total. The summed E-state index contributed by atoms with van der Waals surface area (Å²) < 4.78 is 27.1. The molecule has 11 heteroatoms. The van der Waals surface area contributed by atoms with Gasteiger partial charge in [0.05, 0.1) is 28.3 Å². The number of nitrogens with zero attached hydrogens (tertiary/aromatic N) is 2. The van der Waals surface area contributed by atoms with E-state index >= 15 is 0 Å². The first-order valence-electron chi connectivity index (χ1n) is 10.9. The second-order valence-corrected chi connectivity index (χ2v) is 10.4. The van der Waals surface area contributed by atoms with Crippen LogP contribution >= 0.6 is 11.3 Å². The number of hydrogen-bond donors (Lipinski definition) is 3. The number of nitrogens with one attached hydrogen (secondary N) is 1. The summed E-state index contributed by atoms with van der Waals surface area (Å²) in [6.45, 7) is 1.98. The summed E-state index contributed by atoms with van der Waals surface area (Å²) in [5.41, 5.74) is 4.28. The topological polar surface area (TPSA) is 139 Å². The van der Waals surface area contributed by atoms with Crippen LogP contribution < -0.4 is 5.32 Å². The maximum Gasteiger partial charge on any atom is 0.335 e. The molecule has 3 aromatic heterocycles. The van der Waals surface area contributed by atoms with Crippen molar-refractivity contribution >= 4 is 45.1 Å². The van der Waals surface area contributed by atoms with Gasteiger partial charge in [0.15, 0.2) is 0 Å². The molecular weight excluding hydrogens is 514 g/mol. The number of benzene rings is 1. The lowest BCUT2D eigenvalue weighted by atomic mass is 10.1. The Morgan fingerprint density at radius 1 is 1.08 bits per heavy atom. The molecule has 0 fully saturated rings. The number of aryl methyl sites for hydroxylation is 1. The molecule has 4 rings (SSSR count). The van der Waals surface area contributed by atoms with Crippen molar-refractivity contribution in [3.63, 3.8) is 0 Å². The van der Waals surface area contributed by atoms with Crippen LogP contribution in [0.5, 0.6) is 0 Å². The molecule has 0 saturated heterocycles. The van der Waals surface area contributed by atoms with Crippen LogP contribution in [0.15, 0.2) is 77.9 Å². The summed E-state index contributed by atoms with van der Waals surface area (Å²) in [5, 5.41) is 24.0. The fourth-order valence-electron chi connectivity index (χ4n) is 3.28. The highest BCUT2D eigenvalue weighted by molar-refractivity contribution is 7.90. The molecule has 37 heavy (non-hydrogen) atoms. The third kappa shape index (κ3) is 7.15. The number of hydrogen-bond acceptors (Lipinski definition) is 7. The predicted octanol–water partition coefficient (Wildman–Crippen LogP) is 4.94. The molecule has 4 aromatic rings. The van der Waals surface area contributed by atoms with Gasteiger partial charge in [-0.2, -0.15) is 11.3 Å². The van der Waals surface area contributed by atoms with Crippen LogP contribution in [0.2, 0.25) is 0 Å². The van der Waals surface area contributed by atoms with Gasteiger partial charge < -0.3 is 15.5 Å². The van der Waals surface area contributed by atoms with Gasteiger partial charge in [0.1, 0.15) is 0 Å². The molecule has 0 spiro atoms. The molecule has 192 valence electrons. The number of thiophene rings is 1. The summed E-state index contributed by atoms with van der Waals surface area (Å²) in [6, 6.07) is 10.8. The average Bonchev–Trinajstić information content (AvgIpc) is 3.51. The summed E-state index contributed by atoms with van der Waals surface area (Å²) in [4.78, 5) is 24.8. The minimum atomic E-state index is -3.52. The zero-order valence-corrected chi connectivity index (χ0v) is 21.7. The van der Waals surface area contributed by atoms with E-state index in [-0.39, 0.29) is 16.9 Å². The van der Waals surface area contributed by atoms with Gasteiger partial charge in [-0.05, 0) is 53.8 Å². The zero-order valence-electron chi connectivity index (χ0n) is 20.0.